The third-order valence-corrected chi connectivity index (χ3v) is 3.63. The van der Waals surface area contributed by atoms with E-state index in [4.69, 9.17) is 5.11 Å². The molecule has 1 saturated heterocycles. The molecule has 1 amide bonds. The summed E-state index contributed by atoms with van der Waals surface area (Å²) < 4.78 is 0. The van der Waals surface area contributed by atoms with E-state index in [0.717, 1.165) is 19.4 Å². The maximum Gasteiger partial charge on any atom is 0.308 e. The Hall–Kier alpha value is -1.06. The van der Waals surface area contributed by atoms with E-state index in [1.165, 1.54) is 25.7 Å². The lowest BCUT2D eigenvalue weighted by molar-refractivity contribution is -0.147. The van der Waals surface area contributed by atoms with Crippen molar-refractivity contribution in [1.29, 1.82) is 0 Å². The first-order chi connectivity index (χ1) is 8.65. The van der Waals surface area contributed by atoms with Crippen molar-refractivity contribution >= 4 is 11.9 Å². The maximum atomic E-state index is 11.7. The van der Waals surface area contributed by atoms with Gasteiger partial charge in [0.05, 0.1) is 5.92 Å². The van der Waals surface area contributed by atoms with Crippen LogP contribution in [0.1, 0.15) is 58.3 Å². The normalized spacial score (nSPS) is 20.2. The smallest absolute Gasteiger partial charge is 0.308 e. The summed E-state index contributed by atoms with van der Waals surface area (Å²) in [6.07, 6.45) is 8.05. The van der Waals surface area contributed by atoms with E-state index in [1.807, 2.05) is 0 Å². The van der Waals surface area contributed by atoms with Gasteiger partial charge >= 0.3 is 5.97 Å². The minimum Gasteiger partial charge on any atom is -0.481 e. The SMILES string of the molecule is CCCCCCCCN1CC(C(=O)O)CCC1=O. The third kappa shape index (κ3) is 5.07. The predicted octanol–water partition coefficient (Wildman–Crippen LogP) is 2.67. The maximum absolute atomic E-state index is 11.7. The van der Waals surface area contributed by atoms with Gasteiger partial charge in [-0.25, -0.2) is 0 Å². The lowest BCUT2D eigenvalue weighted by Crippen LogP contribution is -2.42. The third-order valence-electron chi connectivity index (χ3n) is 3.63. The number of rotatable bonds is 8. The number of carboxylic acid groups (broad SMARTS) is 1. The number of carbonyl (C=O) groups excluding carboxylic acids is 1. The van der Waals surface area contributed by atoms with Crippen LogP contribution in [0.25, 0.3) is 0 Å². The van der Waals surface area contributed by atoms with Gasteiger partial charge in [0.25, 0.3) is 0 Å². The summed E-state index contributed by atoms with van der Waals surface area (Å²) in [6, 6.07) is 0. The van der Waals surface area contributed by atoms with E-state index >= 15 is 0 Å². The van der Waals surface area contributed by atoms with Crippen LogP contribution in [-0.4, -0.2) is 35.0 Å². The number of piperidine rings is 1. The first-order valence-electron chi connectivity index (χ1n) is 7.15. The quantitative estimate of drug-likeness (QED) is 0.678. The highest BCUT2D eigenvalue weighted by Gasteiger charge is 2.29. The van der Waals surface area contributed by atoms with Crippen LogP contribution < -0.4 is 0 Å². The zero-order chi connectivity index (χ0) is 13.4. The van der Waals surface area contributed by atoms with E-state index in [0.29, 0.717) is 19.4 Å². The van der Waals surface area contributed by atoms with Crippen molar-refractivity contribution in [2.75, 3.05) is 13.1 Å². The zero-order valence-electron chi connectivity index (χ0n) is 11.4. The second-order valence-corrected chi connectivity index (χ2v) is 5.18. The number of likely N-dealkylation sites (tertiary alicyclic amines) is 1. The highest BCUT2D eigenvalue weighted by molar-refractivity contribution is 5.80. The summed E-state index contributed by atoms with van der Waals surface area (Å²) in [7, 11) is 0. The fourth-order valence-corrected chi connectivity index (χ4v) is 2.42. The van der Waals surface area contributed by atoms with Crippen molar-refractivity contribution in [3.05, 3.63) is 0 Å². The van der Waals surface area contributed by atoms with Gasteiger partial charge in [0, 0.05) is 19.5 Å². The van der Waals surface area contributed by atoms with Gasteiger partial charge in [-0.3, -0.25) is 9.59 Å². The second kappa shape index (κ2) is 8.11. The van der Waals surface area contributed by atoms with Crippen LogP contribution in [0.15, 0.2) is 0 Å². The highest BCUT2D eigenvalue weighted by atomic mass is 16.4. The number of carbonyl (C=O) groups is 2. The topological polar surface area (TPSA) is 57.6 Å². The molecule has 0 aromatic rings. The van der Waals surface area contributed by atoms with E-state index in [1.54, 1.807) is 4.90 Å². The van der Waals surface area contributed by atoms with Gasteiger partial charge in [0.2, 0.25) is 5.91 Å². The van der Waals surface area contributed by atoms with Crippen LogP contribution in [-0.2, 0) is 9.59 Å². The molecule has 1 atom stereocenters. The average Bonchev–Trinajstić information content (AvgIpc) is 2.35. The van der Waals surface area contributed by atoms with Gasteiger partial charge in [0.15, 0.2) is 0 Å². The Labute approximate surface area is 109 Å². The zero-order valence-corrected chi connectivity index (χ0v) is 11.4. The first-order valence-corrected chi connectivity index (χ1v) is 7.15. The van der Waals surface area contributed by atoms with Crippen molar-refractivity contribution in [2.45, 2.75) is 58.3 Å². The molecule has 1 rings (SSSR count). The minimum absolute atomic E-state index is 0.126. The molecule has 0 spiro atoms. The summed E-state index contributed by atoms with van der Waals surface area (Å²) in [5.41, 5.74) is 0. The van der Waals surface area contributed by atoms with E-state index in [-0.39, 0.29) is 11.8 Å². The number of aliphatic carboxylic acids is 1. The number of hydrogen-bond donors (Lipinski definition) is 1. The summed E-state index contributed by atoms with van der Waals surface area (Å²) >= 11 is 0. The van der Waals surface area contributed by atoms with E-state index < -0.39 is 5.97 Å². The fraction of sp³-hybridized carbons (Fsp3) is 0.857. The summed E-state index contributed by atoms with van der Waals surface area (Å²) in [5, 5.41) is 8.97. The summed E-state index contributed by atoms with van der Waals surface area (Å²) in [6.45, 7) is 3.33. The van der Waals surface area contributed by atoms with E-state index in [2.05, 4.69) is 6.92 Å². The van der Waals surface area contributed by atoms with Crippen LogP contribution >= 0.6 is 0 Å². The first kappa shape index (κ1) is 15.0. The van der Waals surface area contributed by atoms with Crippen molar-refractivity contribution in [3.8, 4) is 0 Å². The van der Waals surface area contributed by atoms with Gasteiger partial charge in [0.1, 0.15) is 0 Å². The lowest BCUT2D eigenvalue weighted by atomic mass is 9.97. The van der Waals surface area contributed by atoms with Crippen LogP contribution in [0.2, 0.25) is 0 Å². The number of unbranched alkanes of at least 4 members (excludes halogenated alkanes) is 5. The Balaban J connectivity index is 2.19. The molecule has 18 heavy (non-hydrogen) atoms. The average molecular weight is 255 g/mol. The lowest BCUT2D eigenvalue weighted by Gasteiger charge is -2.30. The number of hydrogen-bond acceptors (Lipinski definition) is 2. The molecule has 104 valence electrons. The Morgan fingerprint density at radius 2 is 1.94 bits per heavy atom. The molecule has 0 aliphatic carbocycles. The number of carboxylic acids is 1. The van der Waals surface area contributed by atoms with Gasteiger partial charge in [-0.1, -0.05) is 39.0 Å². The molecule has 4 heteroatoms. The van der Waals surface area contributed by atoms with Gasteiger partial charge in [-0.05, 0) is 12.8 Å². The van der Waals surface area contributed by atoms with E-state index in [9.17, 15) is 9.59 Å². The molecule has 0 bridgehead atoms. The molecule has 0 aromatic heterocycles. The molecule has 1 N–H and O–H groups in total. The molecule has 0 radical (unpaired) electrons. The molecule has 1 fully saturated rings. The molecule has 1 aliphatic heterocycles. The molecular weight excluding hydrogens is 230 g/mol. The second-order valence-electron chi connectivity index (χ2n) is 5.18. The van der Waals surface area contributed by atoms with Crippen LogP contribution in [0, 0.1) is 5.92 Å². The number of amides is 1. The van der Waals surface area contributed by atoms with Gasteiger partial charge in [-0.15, -0.1) is 0 Å². The highest BCUT2D eigenvalue weighted by Crippen LogP contribution is 2.18. The molecular formula is C14H25NO3. The Morgan fingerprint density at radius 3 is 2.61 bits per heavy atom. The monoisotopic (exact) mass is 255 g/mol. The standard InChI is InChI=1S/C14H25NO3/c1-2-3-4-5-6-7-10-15-11-12(14(17)18)8-9-13(15)16/h12H,2-11H2,1H3,(H,17,18). The summed E-state index contributed by atoms with van der Waals surface area (Å²) in [5.74, 6) is -1.00. The molecule has 1 aliphatic rings. The largest absolute Gasteiger partial charge is 0.481 e. The van der Waals surface area contributed by atoms with Crippen LogP contribution in [0.4, 0.5) is 0 Å². The number of nitrogens with zero attached hydrogens (tertiary/aromatic N) is 1. The Morgan fingerprint density at radius 1 is 1.28 bits per heavy atom. The Bertz CT molecular complexity index is 278. The molecule has 0 aromatic carbocycles. The Kier molecular flexibility index (Phi) is 6.76. The van der Waals surface area contributed by atoms with Gasteiger partial charge < -0.3 is 10.0 Å². The van der Waals surface area contributed by atoms with Crippen molar-refractivity contribution in [1.82, 2.24) is 4.90 Å². The van der Waals surface area contributed by atoms with Crippen LogP contribution in [0.5, 0.6) is 0 Å². The fourth-order valence-electron chi connectivity index (χ4n) is 2.42. The molecule has 0 saturated carbocycles. The van der Waals surface area contributed by atoms with Crippen molar-refractivity contribution in [2.24, 2.45) is 5.92 Å². The molecule has 4 nitrogen and oxygen atoms in total. The molecule has 1 unspecified atom stereocenters. The predicted molar refractivity (Wildman–Crippen MR) is 70.3 cm³/mol. The summed E-state index contributed by atoms with van der Waals surface area (Å²) in [4.78, 5) is 24.3. The van der Waals surface area contributed by atoms with Crippen molar-refractivity contribution in [3.63, 3.8) is 0 Å². The molecule has 1 heterocycles. The minimum atomic E-state index is -0.768. The van der Waals surface area contributed by atoms with Crippen LogP contribution in [0.3, 0.4) is 0 Å². The van der Waals surface area contributed by atoms with Gasteiger partial charge in [-0.2, -0.15) is 0 Å². The van der Waals surface area contributed by atoms with Crippen molar-refractivity contribution < 1.29 is 14.7 Å².